The van der Waals surface area contributed by atoms with Gasteiger partial charge >= 0.3 is 11.9 Å². The molecule has 1 amide bonds. The molecule has 0 saturated carbocycles. The molecule has 1 unspecified atom stereocenters. The summed E-state index contributed by atoms with van der Waals surface area (Å²) in [4.78, 5) is 39.6. The van der Waals surface area contributed by atoms with E-state index in [9.17, 15) is 14.4 Å². The summed E-state index contributed by atoms with van der Waals surface area (Å²) in [6.45, 7) is 6.56. The summed E-state index contributed by atoms with van der Waals surface area (Å²) in [6.07, 6.45) is -1.09. The van der Waals surface area contributed by atoms with Gasteiger partial charge in [0.15, 0.2) is 6.10 Å². The molecule has 0 saturated heterocycles. The quantitative estimate of drug-likeness (QED) is 0.670. The number of esters is 2. The fourth-order valence-electron chi connectivity index (χ4n) is 2.61. The molecule has 28 heavy (non-hydrogen) atoms. The minimum atomic E-state index is -1.09. The van der Waals surface area contributed by atoms with Crippen molar-refractivity contribution in [2.45, 2.75) is 33.8 Å². The first-order valence-electron chi connectivity index (χ1n) is 8.48. The zero-order valence-electron chi connectivity index (χ0n) is 15.8. The molecule has 1 atom stereocenters. The van der Waals surface area contributed by atoms with E-state index >= 15 is 0 Å². The summed E-state index contributed by atoms with van der Waals surface area (Å²) in [5.41, 5.74) is 1.59. The Morgan fingerprint density at radius 1 is 1.11 bits per heavy atom. The average Bonchev–Trinajstić information content (AvgIpc) is 2.88. The van der Waals surface area contributed by atoms with Gasteiger partial charge in [0.2, 0.25) is 0 Å². The highest BCUT2D eigenvalue weighted by Crippen LogP contribution is 2.23. The van der Waals surface area contributed by atoms with E-state index in [1.165, 1.54) is 25.1 Å². The molecule has 1 aromatic carbocycles. The predicted molar refractivity (Wildman–Crippen MR) is 106 cm³/mol. The van der Waals surface area contributed by atoms with Crippen molar-refractivity contribution in [1.82, 2.24) is 4.98 Å². The highest BCUT2D eigenvalue weighted by Gasteiger charge is 2.26. The van der Waals surface area contributed by atoms with E-state index in [2.05, 4.69) is 10.3 Å². The Bertz CT molecular complexity index is 903. The number of benzene rings is 1. The second-order valence-electron chi connectivity index (χ2n) is 6.04. The van der Waals surface area contributed by atoms with Crippen LogP contribution in [0.15, 0.2) is 18.2 Å². The van der Waals surface area contributed by atoms with E-state index in [-0.39, 0.29) is 17.9 Å². The third-order valence-corrected chi connectivity index (χ3v) is 4.34. The molecule has 9 heteroatoms. The highest BCUT2D eigenvalue weighted by atomic mass is 35.5. The Hall–Kier alpha value is -2.51. The van der Waals surface area contributed by atoms with Crippen molar-refractivity contribution in [1.29, 1.82) is 0 Å². The number of hydrogen-bond acceptors (Lipinski definition) is 5. The first kappa shape index (κ1) is 21.8. The summed E-state index contributed by atoms with van der Waals surface area (Å²) < 4.78 is 10.2. The van der Waals surface area contributed by atoms with E-state index in [4.69, 9.17) is 32.7 Å². The number of halogens is 2. The minimum absolute atomic E-state index is 0.178. The molecule has 2 rings (SSSR count). The maximum absolute atomic E-state index is 12.5. The van der Waals surface area contributed by atoms with Crippen LogP contribution in [0.1, 0.15) is 46.0 Å². The van der Waals surface area contributed by atoms with Crippen molar-refractivity contribution in [3.8, 4) is 0 Å². The van der Waals surface area contributed by atoms with E-state index in [1.807, 2.05) is 0 Å². The third kappa shape index (κ3) is 5.05. The van der Waals surface area contributed by atoms with Crippen LogP contribution in [-0.4, -0.2) is 35.5 Å². The first-order valence-corrected chi connectivity index (χ1v) is 9.23. The number of amides is 1. The number of carbonyl (C=O) groups is 3. The molecular formula is C19H20Cl2N2O5. The van der Waals surface area contributed by atoms with Gasteiger partial charge in [-0.05, 0) is 51.5 Å². The third-order valence-electron chi connectivity index (χ3n) is 3.90. The van der Waals surface area contributed by atoms with Crippen molar-refractivity contribution in [2.24, 2.45) is 0 Å². The first-order chi connectivity index (χ1) is 13.1. The molecule has 0 radical (unpaired) electrons. The van der Waals surface area contributed by atoms with Crippen molar-refractivity contribution >= 4 is 46.7 Å². The van der Waals surface area contributed by atoms with Crippen LogP contribution in [0.25, 0.3) is 0 Å². The van der Waals surface area contributed by atoms with Crippen LogP contribution in [0.2, 0.25) is 10.0 Å². The Labute approximate surface area is 172 Å². The lowest BCUT2D eigenvalue weighted by molar-refractivity contribution is -0.123. The number of carbonyl (C=O) groups excluding carboxylic acids is 3. The molecule has 0 aliphatic carbocycles. The van der Waals surface area contributed by atoms with Gasteiger partial charge in [0.05, 0.1) is 12.2 Å². The summed E-state index contributed by atoms with van der Waals surface area (Å²) in [7, 11) is 0. The van der Waals surface area contributed by atoms with Gasteiger partial charge < -0.3 is 19.8 Å². The van der Waals surface area contributed by atoms with Crippen LogP contribution in [0.5, 0.6) is 0 Å². The molecule has 0 bridgehead atoms. The zero-order valence-corrected chi connectivity index (χ0v) is 17.3. The average molecular weight is 427 g/mol. The lowest BCUT2D eigenvalue weighted by Crippen LogP contribution is -2.30. The maximum atomic E-state index is 12.5. The number of aromatic amines is 1. The van der Waals surface area contributed by atoms with Gasteiger partial charge in [-0.15, -0.1) is 0 Å². The summed E-state index contributed by atoms with van der Waals surface area (Å²) >= 11 is 11.8. The lowest BCUT2D eigenvalue weighted by atomic mass is 10.1. The molecule has 0 aliphatic rings. The number of aryl methyl sites for hydroxylation is 1. The SMILES string of the molecule is CCOC(=O)c1[nH]c(C)c(C(=O)OC(C)C(=O)Nc2cc(Cl)cc(Cl)c2)c1C. The van der Waals surface area contributed by atoms with Gasteiger partial charge in [-0.1, -0.05) is 23.2 Å². The smallest absolute Gasteiger partial charge is 0.355 e. The van der Waals surface area contributed by atoms with Crippen LogP contribution in [0.4, 0.5) is 5.69 Å². The van der Waals surface area contributed by atoms with Gasteiger partial charge in [-0.25, -0.2) is 9.59 Å². The normalized spacial score (nSPS) is 11.6. The van der Waals surface area contributed by atoms with E-state index in [0.717, 1.165) is 0 Å². The van der Waals surface area contributed by atoms with Gasteiger partial charge in [-0.2, -0.15) is 0 Å². The molecule has 0 spiro atoms. The number of aromatic nitrogens is 1. The second kappa shape index (κ2) is 9.12. The molecule has 2 N–H and O–H groups in total. The van der Waals surface area contributed by atoms with Gasteiger partial charge in [0, 0.05) is 21.4 Å². The molecule has 0 aliphatic heterocycles. The van der Waals surface area contributed by atoms with Crippen molar-refractivity contribution in [2.75, 3.05) is 11.9 Å². The number of nitrogens with one attached hydrogen (secondary N) is 2. The van der Waals surface area contributed by atoms with E-state index in [1.54, 1.807) is 20.8 Å². The van der Waals surface area contributed by atoms with Crippen LogP contribution in [-0.2, 0) is 14.3 Å². The Morgan fingerprint density at radius 3 is 2.29 bits per heavy atom. The highest BCUT2D eigenvalue weighted by molar-refractivity contribution is 6.35. The Morgan fingerprint density at radius 2 is 1.71 bits per heavy atom. The predicted octanol–water partition coefficient (Wildman–Crippen LogP) is 4.30. The second-order valence-corrected chi connectivity index (χ2v) is 6.91. The molecule has 2 aromatic rings. The fraction of sp³-hybridized carbons (Fsp3) is 0.316. The zero-order chi connectivity index (χ0) is 21.0. The fourth-order valence-corrected chi connectivity index (χ4v) is 3.13. The summed E-state index contributed by atoms with van der Waals surface area (Å²) in [6, 6.07) is 4.57. The molecule has 0 fully saturated rings. The minimum Gasteiger partial charge on any atom is -0.461 e. The van der Waals surface area contributed by atoms with E-state index < -0.39 is 23.9 Å². The Kier molecular flexibility index (Phi) is 7.10. The van der Waals surface area contributed by atoms with Crippen molar-refractivity contribution < 1.29 is 23.9 Å². The van der Waals surface area contributed by atoms with Gasteiger partial charge in [-0.3, -0.25) is 4.79 Å². The van der Waals surface area contributed by atoms with Crippen LogP contribution in [0, 0.1) is 13.8 Å². The van der Waals surface area contributed by atoms with Crippen LogP contribution < -0.4 is 5.32 Å². The maximum Gasteiger partial charge on any atom is 0.355 e. The monoisotopic (exact) mass is 426 g/mol. The van der Waals surface area contributed by atoms with Crippen molar-refractivity contribution in [3.05, 3.63) is 50.8 Å². The van der Waals surface area contributed by atoms with Crippen LogP contribution >= 0.6 is 23.2 Å². The van der Waals surface area contributed by atoms with Crippen molar-refractivity contribution in [3.63, 3.8) is 0 Å². The Balaban J connectivity index is 2.11. The van der Waals surface area contributed by atoms with E-state index in [0.29, 0.717) is 27.0 Å². The van der Waals surface area contributed by atoms with Gasteiger partial charge in [0.1, 0.15) is 5.69 Å². The number of H-pyrrole nitrogens is 1. The molecule has 7 nitrogen and oxygen atoms in total. The summed E-state index contributed by atoms with van der Waals surface area (Å²) in [5.74, 6) is -1.84. The molecule has 1 heterocycles. The standard InChI is InChI=1S/C19H20Cl2N2O5/c1-5-27-19(26)16-9(2)15(10(3)22-16)18(25)28-11(4)17(24)23-14-7-12(20)6-13(21)8-14/h6-8,11,22H,5H2,1-4H3,(H,23,24). The molecular weight excluding hydrogens is 407 g/mol. The molecule has 150 valence electrons. The van der Waals surface area contributed by atoms with Crippen LogP contribution in [0.3, 0.4) is 0 Å². The number of hydrogen-bond donors (Lipinski definition) is 2. The van der Waals surface area contributed by atoms with Gasteiger partial charge in [0.25, 0.3) is 5.91 Å². The number of ether oxygens (including phenoxy) is 2. The topological polar surface area (TPSA) is 97.5 Å². The number of anilines is 1. The largest absolute Gasteiger partial charge is 0.461 e. The lowest BCUT2D eigenvalue weighted by Gasteiger charge is -2.14. The summed E-state index contributed by atoms with van der Waals surface area (Å²) in [5, 5.41) is 3.30. The number of rotatable bonds is 6. The molecule has 1 aromatic heterocycles.